The third-order valence-corrected chi connectivity index (χ3v) is 15.2. The monoisotopic (exact) mass is 1320 g/mol. The van der Waals surface area contributed by atoms with E-state index in [0.29, 0.717) is 61.2 Å². The van der Waals surface area contributed by atoms with Gasteiger partial charge in [-0.1, -0.05) is 169 Å². The van der Waals surface area contributed by atoms with Gasteiger partial charge in [0.25, 0.3) is 5.91 Å². The standard InChI is InChI=1S/C16H29NO3.C16H29NO.C14H20N2O.C12H17NO2.C11H14O2.C6H12O2.2CHN/c1-12(2)9-17(16(19)11-20-14(4)18)10-15-7-5-13(3)6-8-15;1-12(2)10-17(16(18)15-8-9-15)11-14-6-4-13(3)5-7-14;1-10(2)9-15-16-11(3)13-5-7-14(8-6-13)12(4)17;1-10(2)12(14)15-9-5-7-11-6-3-4-8-13-11;1-10(12)13-9-5-8-11-6-3-2-4-7-11;1-5(2)4-8-6(3)7;2*1-2/h12-13,15H,5-11H2,1-4H3;12-15H,4-11H2,1-3H3;5-8,10,15H,9H2,1-4H3;3-4,6,8,10H,5,7,9H2,1-2H3;2-4,6-7H,5,8-9H2,1H3;5H,4H2,1-3H3;2*1H/b;;16-11+;;;;;. The van der Waals surface area contributed by atoms with Crippen LogP contribution in [0.3, 0.4) is 0 Å². The van der Waals surface area contributed by atoms with Crippen LogP contribution in [0.25, 0.3) is 0 Å². The molecule has 3 fully saturated rings. The first-order chi connectivity index (χ1) is 45.1. The highest BCUT2D eigenvalue weighted by atomic mass is 16.5. The second-order valence-electron chi connectivity index (χ2n) is 27.1. The number of aromatic nitrogens is 1. The molecule has 6 rings (SSSR count). The number of Topliss-reactive ketones (excluding diaryl/α,β-unsaturated/α-hetero) is 1. The van der Waals surface area contributed by atoms with E-state index in [1.165, 1.54) is 77.7 Å². The number of pyridine rings is 1. The van der Waals surface area contributed by atoms with E-state index in [9.17, 15) is 33.6 Å². The van der Waals surface area contributed by atoms with Crippen LogP contribution in [0.5, 0.6) is 0 Å². The minimum Gasteiger partial charge on any atom is -0.466 e. The molecule has 0 bridgehead atoms. The molecule has 1 N–H and O–H groups in total. The van der Waals surface area contributed by atoms with E-state index < -0.39 is 5.97 Å². The zero-order valence-electron chi connectivity index (χ0n) is 61.4. The number of carbonyl (C=O) groups is 7. The highest BCUT2D eigenvalue weighted by Gasteiger charge is 2.35. The third-order valence-electron chi connectivity index (χ3n) is 15.2. The first kappa shape index (κ1) is 89.6. The number of nitrogens with one attached hydrogen (secondary N) is 1. The van der Waals surface area contributed by atoms with Crippen LogP contribution >= 0.6 is 0 Å². The summed E-state index contributed by atoms with van der Waals surface area (Å²) in [5, 5.41) is 17.3. The normalized spacial score (nSPS) is 16.0. The average molecular weight is 1320 g/mol. The zero-order valence-corrected chi connectivity index (χ0v) is 61.4. The van der Waals surface area contributed by atoms with E-state index in [0.717, 1.165) is 112 Å². The molecule has 3 aromatic rings. The number of ketones is 1. The van der Waals surface area contributed by atoms with Gasteiger partial charge in [0.2, 0.25) is 5.91 Å². The van der Waals surface area contributed by atoms with Crippen LogP contribution < -0.4 is 5.43 Å². The van der Waals surface area contributed by atoms with Gasteiger partial charge < -0.3 is 34.2 Å². The number of amides is 2. The summed E-state index contributed by atoms with van der Waals surface area (Å²) >= 11 is 0. The number of nitrogens with zero attached hydrogens (tertiary/aromatic N) is 6. The summed E-state index contributed by atoms with van der Waals surface area (Å²) in [4.78, 5) is 86.4. The summed E-state index contributed by atoms with van der Waals surface area (Å²) < 4.78 is 19.4. The van der Waals surface area contributed by atoms with E-state index >= 15 is 0 Å². The number of aryl methyl sites for hydroxylation is 2. The smallest absolute Gasteiger partial charge is 0.308 e. The zero-order chi connectivity index (χ0) is 72.3. The van der Waals surface area contributed by atoms with E-state index in [1.54, 1.807) is 13.1 Å². The van der Waals surface area contributed by atoms with Crippen molar-refractivity contribution in [3.05, 3.63) is 101 Å². The molecule has 0 saturated heterocycles. The Hall–Kier alpha value is -7.47. The number of benzene rings is 2. The maximum Gasteiger partial charge on any atom is 0.308 e. The molecule has 1 heterocycles. The Kier molecular flexibility index (Phi) is 51.6. The molecule has 532 valence electrons. The van der Waals surface area contributed by atoms with Crippen molar-refractivity contribution < 1.29 is 52.5 Å². The molecule has 0 radical (unpaired) electrons. The summed E-state index contributed by atoms with van der Waals surface area (Å²) in [6.07, 6.45) is 17.9. The minimum atomic E-state index is -0.394. The second-order valence-corrected chi connectivity index (χ2v) is 27.1. The highest BCUT2D eigenvalue weighted by Crippen LogP contribution is 2.34. The fourth-order valence-corrected chi connectivity index (χ4v) is 9.82. The molecule has 0 unspecified atom stereocenters. The van der Waals surface area contributed by atoms with Gasteiger partial charge in [0.15, 0.2) is 12.4 Å². The maximum atomic E-state index is 12.3. The van der Waals surface area contributed by atoms with Crippen molar-refractivity contribution in [2.24, 2.45) is 64.3 Å². The number of hydrogen-bond donors (Lipinski definition) is 1. The number of rotatable bonds is 27. The summed E-state index contributed by atoms with van der Waals surface area (Å²) in [6, 6.07) is 23.5. The Bertz CT molecular complexity index is 2600. The molecule has 2 amide bonds. The molecule has 3 saturated carbocycles. The topological polar surface area (TPSA) is 248 Å². The molecule has 3 aliphatic rings. The quantitative estimate of drug-likeness (QED) is 0.0186. The molecule has 2 aromatic carbocycles. The first-order valence-electron chi connectivity index (χ1n) is 34.5. The van der Waals surface area contributed by atoms with Crippen molar-refractivity contribution in [1.82, 2.24) is 20.2 Å². The number of esters is 4. The lowest BCUT2D eigenvalue weighted by Crippen LogP contribution is -2.41. The third kappa shape index (κ3) is 49.7. The highest BCUT2D eigenvalue weighted by molar-refractivity contribution is 6.00. The van der Waals surface area contributed by atoms with Gasteiger partial charge in [0, 0.05) is 90.0 Å². The fourth-order valence-electron chi connectivity index (χ4n) is 9.82. The molecule has 0 atom stereocenters. The van der Waals surface area contributed by atoms with Gasteiger partial charge in [-0.3, -0.25) is 38.5 Å². The number of ether oxygens (including phenoxy) is 4. The van der Waals surface area contributed by atoms with Crippen molar-refractivity contribution in [2.45, 2.75) is 208 Å². The van der Waals surface area contributed by atoms with Crippen LogP contribution in [0.2, 0.25) is 0 Å². The summed E-state index contributed by atoms with van der Waals surface area (Å²) in [7, 11) is 0. The molecule has 1 aromatic heterocycles. The van der Waals surface area contributed by atoms with Gasteiger partial charge in [0.05, 0.1) is 31.5 Å². The van der Waals surface area contributed by atoms with Crippen molar-refractivity contribution in [3.8, 4) is 13.1 Å². The predicted molar refractivity (Wildman–Crippen MR) is 380 cm³/mol. The Morgan fingerprint density at radius 1 is 0.547 bits per heavy atom. The molecular weight excluding hydrogens is 1200 g/mol. The summed E-state index contributed by atoms with van der Waals surface area (Å²) in [5.74, 6) is 5.02. The Balaban J connectivity index is 0. The largest absolute Gasteiger partial charge is 0.466 e. The van der Waals surface area contributed by atoms with E-state index in [-0.39, 0.29) is 42.1 Å². The number of hydrogen-bond acceptors (Lipinski definition) is 16. The van der Waals surface area contributed by atoms with Crippen LogP contribution in [-0.4, -0.2) is 121 Å². The lowest BCUT2D eigenvalue weighted by atomic mass is 9.82. The summed E-state index contributed by atoms with van der Waals surface area (Å²) in [6.45, 7) is 45.8. The lowest BCUT2D eigenvalue weighted by Gasteiger charge is -2.32. The molecule has 0 spiro atoms. The lowest BCUT2D eigenvalue weighted by molar-refractivity contribution is -0.150. The average Bonchev–Trinajstić information content (AvgIpc) is 1.79. The van der Waals surface area contributed by atoms with Gasteiger partial charge in [0.1, 0.15) is 0 Å². The maximum absolute atomic E-state index is 12.3. The number of nitriles is 2. The van der Waals surface area contributed by atoms with Gasteiger partial charge >= 0.3 is 23.9 Å². The van der Waals surface area contributed by atoms with Gasteiger partial charge in [-0.05, 0) is 149 Å². The molecule has 95 heavy (non-hydrogen) atoms. The first-order valence-corrected chi connectivity index (χ1v) is 34.5. The second kappa shape index (κ2) is 54.7. The van der Waals surface area contributed by atoms with Crippen molar-refractivity contribution in [1.29, 1.82) is 10.5 Å². The van der Waals surface area contributed by atoms with Gasteiger partial charge in [-0.2, -0.15) is 5.10 Å². The van der Waals surface area contributed by atoms with E-state index in [2.05, 4.69) is 106 Å². The van der Waals surface area contributed by atoms with Crippen LogP contribution in [0.15, 0.2) is 84.1 Å². The van der Waals surface area contributed by atoms with Crippen molar-refractivity contribution in [3.63, 3.8) is 0 Å². The molecule has 18 heteroatoms. The molecular formula is C77H123N7O11. The van der Waals surface area contributed by atoms with Gasteiger partial charge in [-0.25, -0.2) is 10.5 Å². The van der Waals surface area contributed by atoms with E-state index in [4.69, 9.17) is 24.7 Å². The van der Waals surface area contributed by atoms with Crippen LogP contribution in [0, 0.1) is 82.8 Å². The minimum absolute atomic E-state index is 0.0418. The SMILES string of the molecule is C#N.C#N.CC(=O)OCC(=O)N(CC(C)C)CC1CCC(C)CC1.CC(=O)OCC(C)C.CC(=O)OCCCc1ccccc1.CC(=O)c1ccc(/C(C)=N/NCC(C)C)cc1.CC(C)C(=O)OCCCc1ccccn1.CC(C)CN(CC1CCC(C)CC1)C(=O)C1CC1. The molecule has 0 aliphatic heterocycles. The molecule has 3 aliphatic carbocycles. The predicted octanol–water partition coefficient (Wildman–Crippen LogP) is 15.3. The van der Waals surface area contributed by atoms with Crippen LogP contribution in [0.1, 0.15) is 222 Å². The van der Waals surface area contributed by atoms with E-state index in [1.807, 2.05) is 100 Å². The number of hydrazone groups is 1. The summed E-state index contributed by atoms with van der Waals surface area (Å²) in [5.41, 5.74) is 8.07. The van der Waals surface area contributed by atoms with Crippen LogP contribution in [-0.2, 0) is 60.6 Å². The van der Waals surface area contributed by atoms with Gasteiger partial charge in [-0.15, -0.1) is 0 Å². The Labute approximate surface area is 573 Å². The number of carbonyl (C=O) groups excluding carboxylic acids is 7. The Morgan fingerprint density at radius 2 is 1.02 bits per heavy atom. The molecule has 18 nitrogen and oxygen atoms in total. The fraction of sp³-hybridized carbons (Fsp3) is 0.649. The van der Waals surface area contributed by atoms with Crippen molar-refractivity contribution in [2.75, 3.05) is 59.2 Å². The van der Waals surface area contributed by atoms with Crippen molar-refractivity contribution >= 4 is 47.2 Å². The Morgan fingerprint density at radius 3 is 1.45 bits per heavy atom. The van der Waals surface area contributed by atoms with Crippen LogP contribution in [0.4, 0.5) is 0 Å².